The van der Waals surface area contributed by atoms with E-state index in [1.54, 1.807) is 20.4 Å². The Balaban J connectivity index is 1.64. The third kappa shape index (κ3) is 6.26. The number of ether oxygens (including phenoxy) is 2. The van der Waals surface area contributed by atoms with Gasteiger partial charge in [0, 0.05) is 31.1 Å². The number of anilines is 1. The van der Waals surface area contributed by atoms with Gasteiger partial charge in [-0.1, -0.05) is 24.3 Å². The number of methoxy groups -OCH3 is 2. The SMILES string of the molecule is COc1ccc(CCNc2nccc(-c3cccc(CC(=O)CCN)c3)n2)cc1OC. The van der Waals surface area contributed by atoms with Crippen LogP contribution in [0.3, 0.4) is 0 Å². The van der Waals surface area contributed by atoms with Crippen LogP contribution >= 0.6 is 0 Å². The normalized spacial score (nSPS) is 10.5. The van der Waals surface area contributed by atoms with Gasteiger partial charge in [0.2, 0.25) is 5.95 Å². The van der Waals surface area contributed by atoms with Crippen LogP contribution in [0.25, 0.3) is 11.3 Å². The van der Waals surface area contributed by atoms with Gasteiger partial charge < -0.3 is 20.5 Å². The van der Waals surface area contributed by atoms with Crippen LogP contribution in [-0.4, -0.2) is 43.1 Å². The summed E-state index contributed by atoms with van der Waals surface area (Å²) in [6.07, 6.45) is 3.29. The third-order valence-electron chi connectivity index (χ3n) is 4.85. The molecule has 0 unspecified atom stereocenters. The number of hydrogen-bond donors (Lipinski definition) is 2. The Kier molecular flexibility index (Phi) is 7.95. The highest BCUT2D eigenvalue weighted by molar-refractivity contribution is 5.81. The predicted octanol–water partition coefficient (Wildman–Crippen LogP) is 3.28. The summed E-state index contributed by atoms with van der Waals surface area (Å²) in [6.45, 7) is 1.05. The van der Waals surface area contributed by atoms with E-state index < -0.39 is 0 Å². The van der Waals surface area contributed by atoms with Crippen molar-refractivity contribution < 1.29 is 14.3 Å². The number of nitrogens with one attached hydrogen (secondary N) is 1. The Bertz CT molecular complexity index is 1020. The highest BCUT2D eigenvalue weighted by Gasteiger charge is 2.08. The Morgan fingerprint density at radius 3 is 2.65 bits per heavy atom. The van der Waals surface area contributed by atoms with E-state index in [9.17, 15) is 4.79 Å². The zero-order valence-corrected chi connectivity index (χ0v) is 17.9. The molecule has 0 fully saturated rings. The lowest BCUT2D eigenvalue weighted by Crippen LogP contribution is -2.10. The van der Waals surface area contributed by atoms with E-state index in [0.29, 0.717) is 43.4 Å². The van der Waals surface area contributed by atoms with E-state index in [-0.39, 0.29) is 5.78 Å². The van der Waals surface area contributed by atoms with Crippen molar-refractivity contribution in [2.45, 2.75) is 19.3 Å². The Labute approximate surface area is 182 Å². The summed E-state index contributed by atoms with van der Waals surface area (Å²) in [5.74, 6) is 2.12. The standard InChI is InChI=1S/C24H28N4O3/c1-30-22-7-6-17(16-23(22)31-2)9-12-26-24-27-13-10-21(28-24)19-5-3-4-18(14-19)15-20(29)8-11-25/h3-7,10,13-14,16H,8-9,11-12,15,25H2,1-2H3,(H,26,27,28). The number of carbonyl (C=O) groups is 1. The quantitative estimate of drug-likeness (QED) is 0.491. The largest absolute Gasteiger partial charge is 0.493 e. The van der Waals surface area contributed by atoms with Crippen molar-refractivity contribution in [2.24, 2.45) is 5.73 Å². The zero-order valence-electron chi connectivity index (χ0n) is 17.9. The van der Waals surface area contributed by atoms with Crippen LogP contribution in [0.1, 0.15) is 17.5 Å². The summed E-state index contributed by atoms with van der Waals surface area (Å²) < 4.78 is 10.6. The zero-order chi connectivity index (χ0) is 22.1. The van der Waals surface area contributed by atoms with Crippen LogP contribution < -0.4 is 20.5 Å². The molecule has 0 aliphatic rings. The topological polar surface area (TPSA) is 99.4 Å². The van der Waals surface area contributed by atoms with Gasteiger partial charge in [-0.05, 0) is 48.4 Å². The Hall–Kier alpha value is -3.45. The first kappa shape index (κ1) is 22.2. The minimum absolute atomic E-state index is 0.139. The fraction of sp³-hybridized carbons (Fsp3) is 0.292. The second-order valence-corrected chi connectivity index (χ2v) is 7.09. The van der Waals surface area contributed by atoms with Gasteiger partial charge in [-0.25, -0.2) is 9.97 Å². The molecule has 7 nitrogen and oxygen atoms in total. The van der Waals surface area contributed by atoms with Crippen LogP contribution in [-0.2, 0) is 17.6 Å². The molecule has 31 heavy (non-hydrogen) atoms. The molecule has 1 heterocycles. The summed E-state index contributed by atoms with van der Waals surface area (Å²) >= 11 is 0. The molecule has 3 aromatic rings. The summed E-state index contributed by atoms with van der Waals surface area (Å²) in [5, 5.41) is 3.27. The van der Waals surface area contributed by atoms with Crippen molar-refractivity contribution in [3.8, 4) is 22.8 Å². The minimum atomic E-state index is 0.139. The van der Waals surface area contributed by atoms with Crippen molar-refractivity contribution >= 4 is 11.7 Å². The van der Waals surface area contributed by atoms with Crippen LogP contribution in [0.15, 0.2) is 54.7 Å². The first-order valence-corrected chi connectivity index (χ1v) is 10.2. The van der Waals surface area contributed by atoms with Gasteiger partial charge in [-0.15, -0.1) is 0 Å². The summed E-state index contributed by atoms with van der Waals surface area (Å²) in [6, 6.07) is 15.6. The number of aromatic nitrogens is 2. The summed E-state index contributed by atoms with van der Waals surface area (Å²) in [5.41, 5.74) is 9.30. The highest BCUT2D eigenvalue weighted by Crippen LogP contribution is 2.27. The molecular formula is C24H28N4O3. The molecule has 2 aromatic carbocycles. The number of carbonyl (C=O) groups excluding carboxylic acids is 1. The van der Waals surface area contributed by atoms with Crippen LogP contribution in [0, 0.1) is 0 Å². The molecular weight excluding hydrogens is 392 g/mol. The molecule has 0 radical (unpaired) electrons. The number of rotatable bonds is 11. The molecule has 0 saturated carbocycles. The van der Waals surface area contributed by atoms with Crippen LogP contribution in [0.2, 0.25) is 0 Å². The maximum Gasteiger partial charge on any atom is 0.223 e. The number of nitrogens with zero attached hydrogens (tertiary/aromatic N) is 2. The first-order chi connectivity index (χ1) is 15.1. The maximum atomic E-state index is 11.9. The van der Waals surface area contributed by atoms with Gasteiger partial charge in [-0.3, -0.25) is 4.79 Å². The molecule has 3 N–H and O–H groups in total. The molecule has 0 atom stereocenters. The highest BCUT2D eigenvalue weighted by atomic mass is 16.5. The monoisotopic (exact) mass is 420 g/mol. The molecule has 0 aliphatic heterocycles. The summed E-state index contributed by atoms with van der Waals surface area (Å²) in [7, 11) is 3.25. The minimum Gasteiger partial charge on any atom is -0.493 e. The second kappa shape index (κ2) is 11.1. The van der Waals surface area contributed by atoms with Crippen LogP contribution in [0.5, 0.6) is 11.5 Å². The number of Topliss-reactive ketones (excluding diaryl/α,β-unsaturated/α-hetero) is 1. The first-order valence-electron chi connectivity index (χ1n) is 10.2. The lowest BCUT2D eigenvalue weighted by Gasteiger charge is -2.10. The van der Waals surface area contributed by atoms with E-state index in [4.69, 9.17) is 15.2 Å². The number of benzene rings is 2. The average molecular weight is 421 g/mol. The molecule has 0 aliphatic carbocycles. The van der Waals surface area contributed by atoms with Gasteiger partial charge in [0.25, 0.3) is 0 Å². The van der Waals surface area contributed by atoms with Gasteiger partial charge in [0.1, 0.15) is 5.78 Å². The molecule has 0 spiro atoms. The van der Waals surface area contributed by atoms with Crippen molar-refractivity contribution in [1.82, 2.24) is 9.97 Å². The second-order valence-electron chi connectivity index (χ2n) is 7.09. The van der Waals surface area contributed by atoms with Gasteiger partial charge in [0.15, 0.2) is 11.5 Å². The fourth-order valence-electron chi connectivity index (χ4n) is 3.28. The van der Waals surface area contributed by atoms with Crippen LogP contribution in [0.4, 0.5) is 5.95 Å². The molecule has 7 heteroatoms. The lowest BCUT2D eigenvalue weighted by molar-refractivity contribution is -0.118. The van der Waals surface area contributed by atoms with Gasteiger partial charge in [0.05, 0.1) is 19.9 Å². The van der Waals surface area contributed by atoms with Crippen molar-refractivity contribution in [1.29, 1.82) is 0 Å². The number of ketones is 1. The lowest BCUT2D eigenvalue weighted by atomic mass is 10.0. The number of hydrogen-bond acceptors (Lipinski definition) is 7. The van der Waals surface area contributed by atoms with Crippen molar-refractivity contribution in [3.05, 3.63) is 65.9 Å². The van der Waals surface area contributed by atoms with Gasteiger partial charge >= 0.3 is 0 Å². The molecule has 0 bridgehead atoms. The fourth-order valence-corrected chi connectivity index (χ4v) is 3.28. The molecule has 0 amide bonds. The number of nitrogens with two attached hydrogens (primary N) is 1. The average Bonchev–Trinajstić information content (AvgIpc) is 2.79. The van der Waals surface area contributed by atoms with Gasteiger partial charge in [-0.2, -0.15) is 0 Å². The van der Waals surface area contributed by atoms with E-state index in [0.717, 1.165) is 28.8 Å². The maximum absolute atomic E-state index is 11.9. The Morgan fingerprint density at radius 2 is 1.87 bits per heavy atom. The summed E-state index contributed by atoms with van der Waals surface area (Å²) in [4.78, 5) is 20.8. The van der Waals surface area contributed by atoms with Crippen molar-refractivity contribution in [3.63, 3.8) is 0 Å². The van der Waals surface area contributed by atoms with E-state index in [1.807, 2.05) is 48.5 Å². The molecule has 3 rings (SSSR count). The molecule has 1 aromatic heterocycles. The Morgan fingerprint density at radius 1 is 1.03 bits per heavy atom. The third-order valence-corrected chi connectivity index (χ3v) is 4.85. The van der Waals surface area contributed by atoms with E-state index in [2.05, 4.69) is 15.3 Å². The smallest absolute Gasteiger partial charge is 0.223 e. The van der Waals surface area contributed by atoms with E-state index >= 15 is 0 Å². The molecule has 0 saturated heterocycles. The molecule has 162 valence electrons. The predicted molar refractivity (Wildman–Crippen MR) is 122 cm³/mol. The van der Waals surface area contributed by atoms with E-state index in [1.165, 1.54) is 0 Å². The van der Waals surface area contributed by atoms with Crippen molar-refractivity contribution in [2.75, 3.05) is 32.6 Å².